The third kappa shape index (κ3) is 21.1. The molecule has 0 aromatic rings. The normalized spacial score (nSPS) is 19.0. The van der Waals surface area contributed by atoms with Gasteiger partial charge in [-0.3, -0.25) is 0 Å². The van der Waals surface area contributed by atoms with Crippen molar-refractivity contribution in [1.82, 2.24) is 5.32 Å². The highest BCUT2D eigenvalue weighted by atomic mass is 16.7. The number of ether oxygens (including phenoxy) is 10. The van der Waals surface area contributed by atoms with Gasteiger partial charge in [0.05, 0.1) is 112 Å². The first-order valence-electron chi connectivity index (χ1n) is 14.0. The predicted molar refractivity (Wildman–Crippen MR) is 137 cm³/mol. The van der Waals surface area contributed by atoms with E-state index in [2.05, 4.69) is 5.32 Å². The van der Waals surface area contributed by atoms with Crippen LogP contribution >= 0.6 is 0 Å². The monoisotopic (exact) mass is 537 g/mol. The lowest BCUT2D eigenvalue weighted by Gasteiger charge is -2.22. The maximum absolute atomic E-state index is 5.78. The molecule has 37 heavy (non-hydrogen) atoms. The maximum Gasteiger partial charge on any atom is 0.157 e. The Kier molecular flexibility index (Phi) is 22.9. The van der Waals surface area contributed by atoms with Crippen LogP contribution in [-0.2, 0) is 47.4 Å². The molecule has 0 aromatic heterocycles. The van der Waals surface area contributed by atoms with Gasteiger partial charge in [0.2, 0.25) is 0 Å². The van der Waals surface area contributed by atoms with Crippen molar-refractivity contribution >= 4 is 0 Å². The van der Waals surface area contributed by atoms with Gasteiger partial charge in [-0.1, -0.05) is 0 Å². The molecule has 11 nitrogen and oxygen atoms in total. The third-order valence-corrected chi connectivity index (χ3v) is 5.77. The number of rotatable bonds is 26. The van der Waals surface area contributed by atoms with E-state index in [1.165, 1.54) is 6.42 Å². The second-order valence-electron chi connectivity index (χ2n) is 8.77. The summed E-state index contributed by atoms with van der Waals surface area (Å²) in [5.74, 6) is 0. The highest BCUT2D eigenvalue weighted by Gasteiger charge is 2.13. The lowest BCUT2D eigenvalue weighted by atomic mass is 10.1. The van der Waals surface area contributed by atoms with Gasteiger partial charge in [0, 0.05) is 6.61 Å². The number of piperidine rings is 1. The van der Waals surface area contributed by atoms with Crippen LogP contribution in [0.15, 0.2) is 0 Å². The molecule has 0 spiro atoms. The van der Waals surface area contributed by atoms with E-state index in [1.807, 2.05) is 0 Å². The fraction of sp³-hybridized carbons (Fsp3) is 1.00. The average Bonchev–Trinajstić information content (AvgIpc) is 2.94. The molecule has 11 heteroatoms. The van der Waals surface area contributed by atoms with Crippen molar-refractivity contribution in [3.8, 4) is 0 Å². The van der Waals surface area contributed by atoms with Gasteiger partial charge in [0.15, 0.2) is 6.29 Å². The first-order chi connectivity index (χ1) is 18.4. The maximum atomic E-state index is 5.78. The van der Waals surface area contributed by atoms with Gasteiger partial charge >= 0.3 is 0 Å². The van der Waals surface area contributed by atoms with E-state index in [0.29, 0.717) is 112 Å². The van der Waals surface area contributed by atoms with Crippen LogP contribution in [0.2, 0.25) is 0 Å². The lowest BCUT2D eigenvalue weighted by molar-refractivity contribution is -0.169. The summed E-state index contributed by atoms with van der Waals surface area (Å²) in [7, 11) is 0. The van der Waals surface area contributed by atoms with Crippen molar-refractivity contribution in [3.05, 3.63) is 0 Å². The van der Waals surface area contributed by atoms with Crippen molar-refractivity contribution in [2.45, 2.75) is 44.5 Å². The molecule has 2 heterocycles. The molecule has 220 valence electrons. The molecule has 2 fully saturated rings. The minimum absolute atomic E-state index is 0.0574. The van der Waals surface area contributed by atoms with E-state index in [9.17, 15) is 0 Å². The summed E-state index contributed by atoms with van der Waals surface area (Å²) in [6.45, 7) is 11.8. The molecule has 0 saturated carbocycles. The zero-order valence-corrected chi connectivity index (χ0v) is 22.7. The summed E-state index contributed by atoms with van der Waals surface area (Å²) in [4.78, 5) is 0. The van der Waals surface area contributed by atoms with Crippen LogP contribution in [0.3, 0.4) is 0 Å². The number of nitrogens with one attached hydrogen (secondary N) is 1. The Morgan fingerprint density at radius 3 is 1.27 bits per heavy atom. The molecule has 2 rings (SSSR count). The molecule has 0 aromatic carbocycles. The van der Waals surface area contributed by atoms with Gasteiger partial charge < -0.3 is 52.7 Å². The molecule has 1 N–H and O–H groups in total. The lowest BCUT2D eigenvalue weighted by Crippen LogP contribution is -2.33. The summed E-state index contributed by atoms with van der Waals surface area (Å²) in [5.41, 5.74) is 0. The molecule has 2 saturated heterocycles. The Labute approximate surface area is 223 Å². The minimum atomic E-state index is -0.0574. The number of hydrogen-bond acceptors (Lipinski definition) is 11. The summed E-state index contributed by atoms with van der Waals surface area (Å²) in [5, 5.41) is 3.33. The smallest absolute Gasteiger partial charge is 0.157 e. The first-order valence-corrected chi connectivity index (χ1v) is 14.0. The van der Waals surface area contributed by atoms with Gasteiger partial charge in [-0.25, -0.2) is 0 Å². The van der Waals surface area contributed by atoms with Crippen molar-refractivity contribution in [2.75, 3.05) is 125 Å². The van der Waals surface area contributed by atoms with Crippen LogP contribution in [0.5, 0.6) is 0 Å². The predicted octanol–water partition coefficient (Wildman–Crippen LogP) is 1.41. The van der Waals surface area contributed by atoms with Crippen LogP contribution < -0.4 is 5.32 Å². The fourth-order valence-electron chi connectivity index (χ4n) is 3.74. The van der Waals surface area contributed by atoms with Gasteiger partial charge in [0.1, 0.15) is 0 Å². The van der Waals surface area contributed by atoms with E-state index in [0.717, 1.165) is 45.4 Å². The van der Waals surface area contributed by atoms with Crippen LogP contribution in [0, 0.1) is 0 Å². The molecule has 2 aliphatic rings. The van der Waals surface area contributed by atoms with E-state index < -0.39 is 0 Å². The van der Waals surface area contributed by atoms with Gasteiger partial charge in [-0.05, 0) is 45.2 Å². The molecular formula is C26H51NO10. The Balaban J connectivity index is 1.15. The van der Waals surface area contributed by atoms with Crippen LogP contribution in [-0.4, -0.2) is 138 Å². The van der Waals surface area contributed by atoms with Gasteiger partial charge in [0.25, 0.3) is 0 Å². The molecule has 1 unspecified atom stereocenters. The Hall–Kier alpha value is -0.440. The Morgan fingerprint density at radius 1 is 0.459 bits per heavy atom. The highest BCUT2D eigenvalue weighted by Crippen LogP contribution is 2.13. The van der Waals surface area contributed by atoms with E-state index in [-0.39, 0.29) is 6.29 Å². The molecule has 1 atom stereocenters. The molecule has 0 amide bonds. The fourth-order valence-corrected chi connectivity index (χ4v) is 3.74. The SMILES string of the molecule is C1CCC(OCCOCCOCCOCCOCCOCCOCCOCCOC2CCNCC2)OC1. The van der Waals surface area contributed by atoms with Crippen molar-refractivity contribution < 1.29 is 47.4 Å². The first kappa shape index (κ1) is 32.8. The largest absolute Gasteiger partial charge is 0.377 e. The molecule has 0 aliphatic carbocycles. The van der Waals surface area contributed by atoms with Crippen LogP contribution in [0.25, 0.3) is 0 Å². The van der Waals surface area contributed by atoms with E-state index >= 15 is 0 Å². The molecule has 0 radical (unpaired) electrons. The zero-order valence-electron chi connectivity index (χ0n) is 22.7. The molecule has 2 aliphatic heterocycles. The standard InChI is InChI=1S/C26H51NO10/c1-2-8-36-26(3-1)37-24-22-34-20-18-32-16-14-30-12-10-28-9-11-29-13-15-31-17-19-33-21-23-35-25-4-6-27-7-5-25/h25-27H,1-24H2. The molecular weight excluding hydrogens is 486 g/mol. The van der Waals surface area contributed by atoms with Crippen LogP contribution in [0.4, 0.5) is 0 Å². The topological polar surface area (TPSA) is 104 Å². The Bertz CT molecular complexity index is 425. The quantitative estimate of drug-likeness (QED) is 0.162. The van der Waals surface area contributed by atoms with Crippen molar-refractivity contribution in [3.63, 3.8) is 0 Å². The highest BCUT2D eigenvalue weighted by molar-refractivity contribution is 4.67. The van der Waals surface area contributed by atoms with Crippen molar-refractivity contribution in [2.24, 2.45) is 0 Å². The molecule has 0 bridgehead atoms. The van der Waals surface area contributed by atoms with Crippen molar-refractivity contribution in [1.29, 1.82) is 0 Å². The summed E-state index contributed by atoms with van der Waals surface area (Å²) >= 11 is 0. The second kappa shape index (κ2) is 25.8. The average molecular weight is 538 g/mol. The second-order valence-corrected chi connectivity index (χ2v) is 8.77. The zero-order chi connectivity index (χ0) is 25.9. The van der Waals surface area contributed by atoms with E-state index in [1.54, 1.807) is 0 Å². The minimum Gasteiger partial charge on any atom is -0.377 e. The number of hydrogen-bond donors (Lipinski definition) is 1. The van der Waals surface area contributed by atoms with Gasteiger partial charge in [-0.2, -0.15) is 0 Å². The summed E-state index contributed by atoms with van der Waals surface area (Å²) < 4.78 is 55.3. The van der Waals surface area contributed by atoms with Gasteiger partial charge in [-0.15, -0.1) is 0 Å². The summed E-state index contributed by atoms with van der Waals surface area (Å²) in [6, 6.07) is 0. The summed E-state index contributed by atoms with van der Waals surface area (Å²) in [6.07, 6.45) is 5.77. The van der Waals surface area contributed by atoms with Crippen LogP contribution in [0.1, 0.15) is 32.1 Å². The third-order valence-electron chi connectivity index (χ3n) is 5.77. The Morgan fingerprint density at radius 2 is 0.865 bits per heavy atom. The van der Waals surface area contributed by atoms with E-state index in [4.69, 9.17) is 47.4 Å².